The highest BCUT2D eigenvalue weighted by Crippen LogP contribution is 2.33. The molecule has 4 nitrogen and oxygen atoms in total. The van der Waals surface area contributed by atoms with Crippen LogP contribution in [-0.4, -0.2) is 11.4 Å². The summed E-state index contributed by atoms with van der Waals surface area (Å²) in [6.45, 7) is 0.255. The largest absolute Gasteiger partial charge is 0.454 e. The van der Waals surface area contributed by atoms with Crippen LogP contribution in [0.4, 0.5) is 0 Å². The second-order valence-electron chi connectivity index (χ2n) is 4.29. The van der Waals surface area contributed by atoms with E-state index in [1.807, 2.05) is 54.2 Å². The molecule has 94 valence electrons. The van der Waals surface area contributed by atoms with Crippen LogP contribution in [0.3, 0.4) is 0 Å². The third-order valence-electron chi connectivity index (χ3n) is 3.05. The molecule has 0 unspecified atom stereocenters. The Balaban J connectivity index is 2.00. The lowest BCUT2D eigenvalue weighted by Gasteiger charge is -2.02. The molecule has 19 heavy (non-hydrogen) atoms. The fourth-order valence-electron chi connectivity index (χ4n) is 2.07. The van der Waals surface area contributed by atoms with Gasteiger partial charge >= 0.3 is 0 Å². The first kappa shape index (κ1) is 11.4. The minimum absolute atomic E-state index is 0.255. The topological polar surface area (TPSA) is 47.2 Å². The quantitative estimate of drug-likeness (QED) is 0.772. The zero-order valence-corrected chi connectivity index (χ0v) is 10.5. The molecule has 0 spiro atoms. The number of fused-ring (bicyclic) bond motifs is 1. The van der Waals surface area contributed by atoms with Crippen LogP contribution in [0.5, 0.6) is 11.5 Å². The molecular weight excluding hydrogens is 240 g/mol. The van der Waals surface area contributed by atoms with E-state index in [2.05, 4.69) is 6.07 Å². The first-order valence-electron chi connectivity index (χ1n) is 5.91. The summed E-state index contributed by atoms with van der Waals surface area (Å²) in [4.78, 5) is 0. The molecular formula is C15H12N2O2. The number of benzene rings is 1. The van der Waals surface area contributed by atoms with Gasteiger partial charge in [-0.15, -0.1) is 0 Å². The standard InChI is InChI=1S/C15H12N2O2/c1-17-6-2-3-13(17)12(9-16)7-11-4-5-14-15(8-11)19-10-18-14/h2-8H,10H2,1H3/b12-7-. The lowest BCUT2D eigenvalue weighted by atomic mass is 10.1. The van der Waals surface area contributed by atoms with E-state index in [0.29, 0.717) is 5.57 Å². The van der Waals surface area contributed by atoms with Crippen LogP contribution in [-0.2, 0) is 7.05 Å². The maximum absolute atomic E-state index is 9.29. The Morgan fingerprint density at radius 2 is 2.16 bits per heavy atom. The zero-order chi connectivity index (χ0) is 13.2. The predicted molar refractivity (Wildman–Crippen MR) is 71.5 cm³/mol. The minimum Gasteiger partial charge on any atom is -0.454 e. The summed E-state index contributed by atoms with van der Waals surface area (Å²) in [5.41, 5.74) is 2.42. The van der Waals surface area contributed by atoms with Crippen molar-refractivity contribution in [2.24, 2.45) is 7.05 Å². The first-order chi connectivity index (χ1) is 9.28. The van der Waals surface area contributed by atoms with Crippen molar-refractivity contribution in [1.29, 1.82) is 5.26 Å². The fraction of sp³-hybridized carbons (Fsp3) is 0.133. The first-order valence-corrected chi connectivity index (χ1v) is 5.91. The van der Waals surface area contributed by atoms with E-state index in [1.54, 1.807) is 0 Å². The molecule has 0 amide bonds. The van der Waals surface area contributed by atoms with Crippen LogP contribution in [0.2, 0.25) is 0 Å². The number of allylic oxidation sites excluding steroid dienone is 1. The van der Waals surface area contributed by atoms with Crippen molar-refractivity contribution in [1.82, 2.24) is 4.57 Å². The number of aryl methyl sites for hydroxylation is 1. The van der Waals surface area contributed by atoms with Crippen molar-refractivity contribution < 1.29 is 9.47 Å². The smallest absolute Gasteiger partial charge is 0.231 e. The summed E-state index contributed by atoms with van der Waals surface area (Å²) in [6.07, 6.45) is 3.76. The highest BCUT2D eigenvalue weighted by atomic mass is 16.7. The summed E-state index contributed by atoms with van der Waals surface area (Å²) in [7, 11) is 1.92. The van der Waals surface area contributed by atoms with Crippen LogP contribution in [0, 0.1) is 11.3 Å². The van der Waals surface area contributed by atoms with Crippen LogP contribution in [0.15, 0.2) is 36.5 Å². The molecule has 4 heteroatoms. The van der Waals surface area contributed by atoms with Gasteiger partial charge in [-0.2, -0.15) is 5.26 Å². The van der Waals surface area contributed by atoms with Crippen molar-refractivity contribution >= 4 is 11.6 Å². The predicted octanol–water partition coefficient (Wildman–Crippen LogP) is 2.82. The molecule has 0 atom stereocenters. The Morgan fingerprint density at radius 3 is 2.89 bits per heavy atom. The average molecular weight is 252 g/mol. The molecule has 2 heterocycles. The molecule has 1 aromatic carbocycles. The molecule has 2 aromatic rings. The van der Waals surface area contributed by atoms with Gasteiger partial charge in [-0.25, -0.2) is 0 Å². The average Bonchev–Trinajstić information content (AvgIpc) is 3.04. The van der Waals surface area contributed by atoms with Gasteiger partial charge in [0, 0.05) is 13.2 Å². The van der Waals surface area contributed by atoms with E-state index < -0.39 is 0 Å². The second kappa shape index (κ2) is 4.54. The highest BCUT2D eigenvalue weighted by molar-refractivity contribution is 5.88. The van der Waals surface area contributed by atoms with Crippen molar-refractivity contribution in [3.63, 3.8) is 0 Å². The SMILES string of the molecule is Cn1cccc1/C(C#N)=C\c1ccc2c(c1)OCO2. The van der Waals surface area contributed by atoms with Gasteiger partial charge in [0.25, 0.3) is 0 Å². The molecule has 1 aliphatic rings. The summed E-state index contributed by atoms with van der Waals surface area (Å²) >= 11 is 0. The van der Waals surface area contributed by atoms with Gasteiger partial charge in [0.2, 0.25) is 6.79 Å². The van der Waals surface area contributed by atoms with Gasteiger partial charge in [-0.3, -0.25) is 0 Å². The molecule has 0 N–H and O–H groups in total. The van der Waals surface area contributed by atoms with E-state index in [-0.39, 0.29) is 6.79 Å². The maximum Gasteiger partial charge on any atom is 0.231 e. The van der Waals surface area contributed by atoms with Crippen molar-refractivity contribution in [3.05, 3.63) is 47.8 Å². The van der Waals surface area contributed by atoms with E-state index in [1.165, 1.54) is 0 Å². The van der Waals surface area contributed by atoms with Crippen LogP contribution in [0.25, 0.3) is 11.6 Å². The lowest BCUT2D eigenvalue weighted by Crippen LogP contribution is -1.93. The number of aromatic nitrogens is 1. The van der Waals surface area contributed by atoms with Gasteiger partial charge in [-0.1, -0.05) is 6.07 Å². The zero-order valence-electron chi connectivity index (χ0n) is 10.5. The summed E-state index contributed by atoms with van der Waals surface area (Å²) < 4.78 is 12.5. The molecule has 0 aliphatic carbocycles. The van der Waals surface area contributed by atoms with Gasteiger partial charge in [0.15, 0.2) is 11.5 Å². The van der Waals surface area contributed by atoms with Crippen LogP contribution in [0.1, 0.15) is 11.3 Å². The molecule has 1 aliphatic heterocycles. The summed E-state index contributed by atoms with van der Waals surface area (Å²) in [5, 5.41) is 9.29. The van der Waals surface area contributed by atoms with E-state index in [4.69, 9.17) is 9.47 Å². The Bertz CT molecular complexity index is 692. The number of nitriles is 1. The summed E-state index contributed by atoms with van der Waals surface area (Å²) in [5.74, 6) is 1.47. The third-order valence-corrected chi connectivity index (χ3v) is 3.05. The molecule has 0 radical (unpaired) electrons. The Hall–Kier alpha value is -2.67. The van der Waals surface area contributed by atoms with Gasteiger partial charge in [0.1, 0.15) is 6.07 Å². The number of rotatable bonds is 2. The van der Waals surface area contributed by atoms with Gasteiger partial charge in [0.05, 0.1) is 11.3 Å². The normalized spacial score (nSPS) is 13.4. The fourth-order valence-corrected chi connectivity index (χ4v) is 2.07. The number of hydrogen-bond donors (Lipinski definition) is 0. The third kappa shape index (κ3) is 2.06. The second-order valence-corrected chi connectivity index (χ2v) is 4.29. The van der Waals surface area contributed by atoms with Gasteiger partial charge in [-0.05, 0) is 35.9 Å². The van der Waals surface area contributed by atoms with Crippen molar-refractivity contribution in [2.75, 3.05) is 6.79 Å². The van der Waals surface area contributed by atoms with Crippen molar-refractivity contribution in [2.45, 2.75) is 0 Å². The molecule has 3 rings (SSSR count). The van der Waals surface area contributed by atoms with E-state index >= 15 is 0 Å². The number of nitrogens with zero attached hydrogens (tertiary/aromatic N) is 2. The van der Waals surface area contributed by atoms with Crippen LogP contribution >= 0.6 is 0 Å². The van der Waals surface area contributed by atoms with Gasteiger partial charge < -0.3 is 14.0 Å². The molecule has 0 saturated heterocycles. The monoisotopic (exact) mass is 252 g/mol. The Morgan fingerprint density at radius 1 is 1.32 bits per heavy atom. The number of ether oxygens (including phenoxy) is 2. The Kier molecular flexibility index (Phi) is 2.73. The van der Waals surface area contributed by atoms with E-state index in [0.717, 1.165) is 22.8 Å². The summed E-state index contributed by atoms with van der Waals surface area (Å²) in [6, 6.07) is 11.7. The molecule has 0 fully saturated rings. The van der Waals surface area contributed by atoms with E-state index in [9.17, 15) is 5.26 Å². The maximum atomic E-state index is 9.29. The molecule has 1 aromatic heterocycles. The lowest BCUT2D eigenvalue weighted by molar-refractivity contribution is 0.174. The molecule has 0 bridgehead atoms. The van der Waals surface area contributed by atoms with Crippen LogP contribution < -0.4 is 9.47 Å². The van der Waals surface area contributed by atoms with Crippen molar-refractivity contribution in [3.8, 4) is 17.6 Å². The molecule has 0 saturated carbocycles. The Labute approximate surface area is 111 Å². The highest BCUT2D eigenvalue weighted by Gasteiger charge is 2.13. The minimum atomic E-state index is 0.255. The number of hydrogen-bond acceptors (Lipinski definition) is 3.